The van der Waals surface area contributed by atoms with Gasteiger partial charge in [-0.2, -0.15) is 5.10 Å². The number of hydrogen-bond acceptors (Lipinski definition) is 2. The molecule has 2 aromatic heterocycles. The third-order valence-corrected chi connectivity index (χ3v) is 3.89. The van der Waals surface area contributed by atoms with E-state index in [9.17, 15) is 0 Å². The van der Waals surface area contributed by atoms with E-state index in [1.165, 1.54) is 21.8 Å². The summed E-state index contributed by atoms with van der Waals surface area (Å²) in [5, 5.41) is 11.0. The van der Waals surface area contributed by atoms with Crippen LogP contribution in [-0.4, -0.2) is 14.8 Å². The first-order valence-electron chi connectivity index (χ1n) is 6.77. The second-order valence-electron chi connectivity index (χ2n) is 4.97. The predicted octanol–water partition coefficient (Wildman–Crippen LogP) is 4.29. The molecule has 3 nitrogen and oxygen atoms in total. The second-order valence-corrected chi connectivity index (χ2v) is 5.36. The molecule has 0 saturated carbocycles. The SMILES string of the molecule is Clc1ccc(Cn2c3ccccc3c3ccccc32)nn1. The molecule has 0 spiro atoms. The Balaban J connectivity index is 1.95. The van der Waals surface area contributed by atoms with E-state index in [1.807, 2.05) is 6.07 Å². The molecule has 4 heteroatoms. The minimum absolute atomic E-state index is 0.418. The zero-order chi connectivity index (χ0) is 14.2. The number of halogens is 1. The van der Waals surface area contributed by atoms with Gasteiger partial charge in [-0.1, -0.05) is 48.0 Å². The van der Waals surface area contributed by atoms with Crippen molar-refractivity contribution in [2.24, 2.45) is 0 Å². The molecule has 0 aliphatic rings. The lowest BCUT2D eigenvalue weighted by molar-refractivity contribution is 0.802. The van der Waals surface area contributed by atoms with Gasteiger partial charge in [0.25, 0.3) is 0 Å². The van der Waals surface area contributed by atoms with Crippen LogP contribution in [0.4, 0.5) is 0 Å². The van der Waals surface area contributed by atoms with E-state index in [4.69, 9.17) is 11.6 Å². The summed E-state index contributed by atoms with van der Waals surface area (Å²) in [6, 6.07) is 20.5. The van der Waals surface area contributed by atoms with E-state index in [2.05, 4.69) is 63.3 Å². The average Bonchev–Trinajstić information content (AvgIpc) is 2.85. The van der Waals surface area contributed by atoms with E-state index >= 15 is 0 Å². The van der Waals surface area contributed by atoms with E-state index < -0.39 is 0 Å². The van der Waals surface area contributed by atoms with E-state index in [0.717, 1.165) is 5.69 Å². The van der Waals surface area contributed by atoms with Crippen molar-refractivity contribution in [2.75, 3.05) is 0 Å². The van der Waals surface area contributed by atoms with Crippen molar-refractivity contribution < 1.29 is 0 Å². The van der Waals surface area contributed by atoms with Gasteiger partial charge in [-0.05, 0) is 24.3 Å². The fraction of sp³-hybridized carbons (Fsp3) is 0.0588. The summed E-state index contributed by atoms with van der Waals surface area (Å²) >= 11 is 5.80. The summed E-state index contributed by atoms with van der Waals surface area (Å²) in [6.07, 6.45) is 0. The van der Waals surface area contributed by atoms with Crippen molar-refractivity contribution in [3.05, 3.63) is 71.5 Å². The summed E-state index contributed by atoms with van der Waals surface area (Å²) in [7, 11) is 0. The molecule has 21 heavy (non-hydrogen) atoms. The van der Waals surface area contributed by atoms with Gasteiger partial charge in [0.2, 0.25) is 0 Å². The van der Waals surface area contributed by atoms with E-state index in [-0.39, 0.29) is 0 Å². The topological polar surface area (TPSA) is 30.7 Å². The van der Waals surface area contributed by atoms with Crippen molar-refractivity contribution in [3.8, 4) is 0 Å². The normalized spacial score (nSPS) is 11.3. The van der Waals surface area contributed by atoms with Gasteiger partial charge in [0.05, 0.1) is 12.2 Å². The van der Waals surface area contributed by atoms with Gasteiger partial charge >= 0.3 is 0 Å². The highest BCUT2D eigenvalue weighted by Gasteiger charge is 2.10. The largest absolute Gasteiger partial charge is 0.334 e. The number of rotatable bonds is 2. The van der Waals surface area contributed by atoms with Crippen LogP contribution in [0.1, 0.15) is 5.69 Å². The first kappa shape index (κ1) is 12.4. The lowest BCUT2D eigenvalue weighted by Gasteiger charge is -2.06. The van der Waals surface area contributed by atoms with Crippen LogP contribution in [0.3, 0.4) is 0 Å². The third-order valence-electron chi connectivity index (χ3n) is 3.69. The molecule has 0 aliphatic heterocycles. The van der Waals surface area contributed by atoms with Crippen LogP contribution < -0.4 is 0 Å². The van der Waals surface area contributed by atoms with Crippen molar-refractivity contribution in [2.45, 2.75) is 6.54 Å². The Morgan fingerprint density at radius 2 is 1.38 bits per heavy atom. The Kier molecular flexibility index (Phi) is 2.86. The maximum Gasteiger partial charge on any atom is 0.151 e. The molecule has 4 aromatic rings. The maximum atomic E-state index is 5.80. The molecule has 0 saturated heterocycles. The van der Waals surface area contributed by atoms with E-state index in [0.29, 0.717) is 11.7 Å². The van der Waals surface area contributed by atoms with Gasteiger partial charge in [0.15, 0.2) is 5.15 Å². The fourth-order valence-corrected chi connectivity index (χ4v) is 2.86. The van der Waals surface area contributed by atoms with Crippen LogP contribution >= 0.6 is 11.6 Å². The molecule has 102 valence electrons. The predicted molar refractivity (Wildman–Crippen MR) is 85.6 cm³/mol. The Morgan fingerprint density at radius 3 is 1.95 bits per heavy atom. The molecule has 0 aliphatic carbocycles. The Morgan fingerprint density at radius 1 is 0.762 bits per heavy atom. The molecule has 2 heterocycles. The van der Waals surface area contributed by atoms with Crippen LogP contribution in [0.25, 0.3) is 21.8 Å². The zero-order valence-corrected chi connectivity index (χ0v) is 12.0. The monoisotopic (exact) mass is 293 g/mol. The zero-order valence-electron chi connectivity index (χ0n) is 11.2. The minimum atomic E-state index is 0.418. The summed E-state index contributed by atoms with van der Waals surface area (Å²) in [5.74, 6) is 0. The summed E-state index contributed by atoms with van der Waals surface area (Å²) in [5.41, 5.74) is 3.30. The van der Waals surface area contributed by atoms with Crippen molar-refractivity contribution in [1.82, 2.24) is 14.8 Å². The molecular formula is C17H12ClN3. The lowest BCUT2D eigenvalue weighted by atomic mass is 10.2. The van der Waals surface area contributed by atoms with Crippen LogP contribution in [0, 0.1) is 0 Å². The number of aromatic nitrogens is 3. The number of para-hydroxylation sites is 2. The standard InChI is InChI=1S/C17H12ClN3/c18-17-10-9-12(19-20-17)11-21-15-7-3-1-5-13(15)14-6-2-4-8-16(14)21/h1-10H,11H2. The number of benzene rings is 2. The molecular weight excluding hydrogens is 282 g/mol. The molecule has 0 atom stereocenters. The van der Waals surface area contributed by atoms with Gasteiger partial charge < -0.3 is 4.57 Å². The number of hydrogen-bond donors (Lipinski definition) is 0. The van der Waals surface area contributed by atoms with Crippen molar-refractivity contribution in [3.63, 3.8) is 0 Å². The molecule has 0 fully saturated rings. The van der Waals surface area contributed by atoms with Gasteiger partial charge in [-0.15, -0.1) is 5.10 Å². The van der Waals surface area contributed by atoms with Crippen LogP contribution in [-0.2, 0) is 6.54 Å². The summed E-state index contributed by atoms with van der Waals surface area (Å²) in [4.78, 5) is 0. The van der Waals surface area contributed by atoms with Crippen LogP contribution in [0.5, 0.6) is 0 Å². The molecule has 0 radical (unpaired) electrons. The minimum Gasteiger partial charge on any atom is -0.334 e. The van der Waals surface area contributed by atoms with Crippen molar-refractivity contribution >= 4 is 33.4 Å². The second kappa shape index (κ2) is 4.86. The molecule has 0 N–H and O–H groups in total. The van der Waals surface area contributed by atoms with E-state index in [1.54, 1.807) is 6.07 Å². The Labute approximate surface area is 126 Å². The lowest BCUT2D eigenvalue weighted by Crippen LogP contribution is -2.02. The van der Waals surface area contributed by atoms with Gasteiger partial charge in [-0.25, -0.2) is 0 Å². The quantitative estimate of drug-likeness (QED) is 0.552. The third kappa shape index (κ3) is 2.06. The molecule has 4 rings (SSSR count). The van der Waals surface area contributed by atoms with Gasteiger partial charge in [0, 0.05) is 21.8 Å². The summed E-state index contributed by atoms with van der Waals surface area (Å²) in [6.45, 7) is 0.679. The maximum absolute atomic E-state index is 5.80. The molecule has 0 bridgehead atoms. The Bertz CT molecular complexity index is 872. The highest BCUT2D eigenvalue weighted by Crippen LogP contribution is 2.29. The highest BCUT2D eigenvalue weighted by atomic mass is 35.5. The van der Waals surface area contributed by atoms with Crippen LogP contribution in [0.15, 0.2) is 60.7 Å². The molecule has 2 aromatic carbocycles. The molecule has 0 amide bonds. The number of fused-ring (bicyclic) bond motifs is 3. The smallest absolute Gasteiger partial charge is 0.151 e. The average molecular weight is 294 g/mol. The fourth-order valence-electron chi connectivity index (χ4n) is 2.76. The summed E-state index contributed by atoms with van der Waals surface area (Å²) < 4.78 is 2.27. The first-order valence-corrected chi connectivity index (χ1v) is 7.15. The van der Waals surface area contributed by atoms with Crippen LogP contribution in [0.2, 0.25) is 5.15 Å². The highest BCUT2D eigenvalue weighted by molar-refractivity contribution is 6.29. The van der Waals surface area contributed by atoms with Crippen molar-refractivity contribution in [1.29, 1.82) is 0 Å². The Hall–Kier alpha value is -2.39. The van der Waals surface area contributed by atoms with Gasteiger partial charge in [-0.3, -0.25) is 0 Å². The molecule has 0 unspecified atom stereocenters. The first-order chi connectivity index (χ1) is 10.3. The number of nitrogens with zero attached hydrogens (tertiary/aromatic N) is 3. The van der Waals surface area contributed by atoms with Gasteiger partial charge in [0.1, 0.15) is 0 Å².